The SMILES string of the molecule is COc1cc(N2CCOCC2)ccc1/C=C1\SC(=O)N(Cc2ccc(Br)cc2)C1=O. The Labute approximate surface area is 187 Å². The van der Waals surface area contributed by atoms with Crippen LogP contribution in [0.2, 0.25) is 0 Å². The third kappa shape index (κ3) is 4.55. The largest absolute Gasteiger partial charge is 0.496 e. The van der Waals surface area contributed by atoms with Crippen LogP contribution in [0.5, 0.6) is 5.75 Å². The summed E-state index contributed by atoms with van der Waals surface area (Å²) in [6.07, 6.45) is 1.73. The number of carbonyl (C=O) groups excluding carboxylic acids is 2. The van der Waals surface area contributed by atoms with Crippen molar-refractivity contribution in [2.75, 3.05) is 38.3 Å². The van der Waals surface area contributed by atoms with Gasteiger partial charge in [-0.05, 0) is 47.7 Å². The van der Waals surface area contributed by atoms with Crippen LogP contribution in [0.3, 0.4) is 0 Å². The highest BCUT2D eigenvalue weighted by molar-refractivity contribution is 9.10. The van der Waals surface area contributed by atoms with Crippen LogP contribution in [0.1, 0.15) is 11.1 Å². The molecule has 2 aliphatic heterocycles. The number of carbonyl (C=O) groups is 2. The molecule has 0 unspecified atom stereocenters. The Balaban J connectivity index is 1.54. The normalized spacial score (nSPS) is 18.4. The molecule has 0 spiro atoms. The highest BCUT2D eigenvalue weighted by Gasteiger charge is 2.35. The lowest BCUT2D eigenvalue weighted by Crippen LogP contribution is -2.36. The molecule has 0 bridgehead atoms. The van der Waals surface area contributed by atoms with Crippen LogP contribution in [-0.2, 0) is 16.1 Å². The first-order chi connectivity index (χ1) is 14.5. The monoisotopic (exact) mass is 488 g/mol. The molecule has 30 heavy (non-hydrogen) atoms. The zero-order chi connectivity index (χ0) is 21.1. The van der Waals surface area contributed by atoms with E-state index in [0.717, 1.165) is 46.1 Å². The molecule has 6 nitrogen and oxygen atoms in total. The Morgan fingerprint density at radius 2 is 1.87 bits per heavy atom. The van der Waals surface area contributed by atoms with Crippen molar-refractivity contribution in [3.05, 3.63) is 63.0 Å². The summed E-state index contributed by atoms with van der Waals surface area (Å²) in [5.41, 5.74) is 2.72. The summed E-state index contributed by atoms with van der Waals surface area (Å²) in [7, 11) is 1.61. The van der Waals surface area contributed by atoms with Crippen molar-refractivity contribution >= 4 is 50.6 Å². The number of benzene rings is 2. The fraction of sp³-hybridized carbons (Fsp3) is 0.273. The molecule has 0 atom stereocenters. The van der Waals surface area contributed by atoms with Gasteiger partial charge in [-0.25, -0.2) is 0 Å². The summed E-state index contributed by atoms with van der Waals surface area (Å²) in [6.45, 7) is 3.32. The molecule has 0 saturated carbocycles. The van der Waals surface area contributed by atoms with Gasteiger partial charge in [-0.1, -0.05) is 28.1 Å². The first kappa shape index (κ1) is 21.0. The van der Waals surface area contributed by atoms with Crippen molar-refractivity contribution in [2.45, 2.75) is 6.54 Å². The third-order valence-electron chi connectivity index (χ3n) is 5.01. The molecule has 0 aliphatic carbocycles. The maximum Gasteiger partial charge on any atom is 0.293 e. The molecule has 2 fully saturated rings. The highest BCUT2D eigenvalue weighted by Crippen LogP contribution is 2.36. The third-order valence-corrected chi connectivity index (χ3v) is 6.44. The fourth-order valence-corrected chi connectivity index (χ4v) is 4.48. The average Bonchev–Trinajstić information content (AvgIpc) is 3.03. The number of thioether (sulfide) groups is 1. The average molecular weight is 489 g/mol. The number of ether oxygens (including phenoxy) is 2. The summed E-state index contributed by atoms with van der Waals surface area (Å²) in [5.74, 6) is 0.380. The zero-order valence-corrected chi connectivity index (χ0v) is 18.9. The van der Waals surface area contributed by atoms with Crippen LogP contribution in [-0.4, -0.2) is 49.5 Å². The van der Waals surface area contributed by atoms with E-state index in [9.17, 15) is 9.59 Å². The van der Waals surface area contributed by atoms with Crippen LogP contribution < -0.4 is 9.64 Å². The molecule has 2 aliphatic rings. The van der Waals surface area contributed by atoms with Crippen LogP contribution >= 0.6 is 27.7 Å². The van der Waals surface area contributed by atoms with Crippen molar-refractivity contribution in [1.29, 1.82) is 0 Å². The van der Waals surface area contributed by atoms with Gasteiger partial charge in [0.2, 0.25) is 0 Å². The topological polar surface area (TPSA) is 59.1 Å². The van der Waals surface area contributed by atoms with Crippen molar-refractivity contribution < 1.29 is 19.1 Å². The number of methoxy groups -OCH3 is 1. The van der Waals surface area contributed by atoms with E-state index in [1.165, 1.54) is 4.90 Å². The lowest BCUT2D eigenvalue weighted by atomic mass is 10.1. The summed E-state index contributed by atoms with van der Waals surface area (Å²) in [5, 5.41) is -0.266. The molecule has 2 heterocycles. The molecule has 2 amide bonds. The minimum absolute atomic E-state index is 0.252. The minimum atomic E-state index is -0.285. The van der Waals surface area contributed by atoms with E-state index in [-0.39, 0.29) is 17.7 Å². The van der Waals surface area contributed by atoms with E-state index >= 15 is 0 Å². The number of morpholine rings is 1. The van der Waals surface area contributed by atoms with E-state index < -0.39 is 0 Å². The summed E-state index contributed by atoms with van der Waals surface area (Å²) < 4.78 is 11.9. The number of anilines is 1. The van der Waals surface area contributed by atoms with E-state index in [1.807, 2.05) is 42.5 Å². The van der Waals surface area contributed by atoms with Gasteiger partial charge in [-0.3, -0.25) is 14.5 Å². The molecule has 8 heteroatoms. The predicted molar refractivity (Wildman–Crippen MR) is 122 cm³/mol. The van der Waals surface area contributed by atoms with Gasteiger partial charge in [-0.2, -0.15) is 0 Å². The Kier molecular flexibility index (Phi) is 6.46. The van der Waals surface area contributed by atoms with Gasteiger partial charge >= 0.3 is 0 Å². The molecule has 2 saturated heterocycles. The van der Waals surface area contributed by atoms with Gasteiger partial charge in [0.05, 0.1) is 31.8 Å². The first-order valence-electron chi connectivity index (χ1n) is 9.56. The molecule has 0 radical (unpaired) electrons. The Morgan fingerprint density at radius 3 is 2.57 bits per heavy atom. The number of rotatable bonds is 5. The molecule has 4 rings (SSSR count). The number of imide groups is 1. The van der Waals surface area contributed by atoms with Crippen LogP contribution in [0, 0.1) is 0 Å². The van der Waals surface area contributed by atoms with Crippen molar-refractivity contribution in [2.24, 2.45) is 0 Å². The molecule has 156 valence electrons. The van der Waals surface area contributed by atoms with Gasteiger partial charge in [-0.15, -0.1) is 0 Å². The van der Waals surface area contributed by atoms with E-state index in [0.29, 0.717) is 23.9 Å². The summed E-state index contributed by atoms with van der Waals surface area (Å²) in [6, 6.07) is 13.5. The minimum Gasteiger partial charge on any atom is -0.496 e. The van der Waals surface area contributed by atoms with E-state index in [4.69, 9.17) is 9.47 Å². The molecule has 0 aromatic heterocycles. The van der Waals surface area contributed by atoms with Gasteiger partial charge in [0.25, 0.3) is 11.1 Å². The maximum atomic E-state index is 12.8. The van der Waals surface area contributed by atoms with Gasteiger partial charge in [0.15, 0.2) is 0 Å². The lowest BCUT2D eigenvalue weighted by molar-refractivity contribution is -0.123. The standard InChI is InChI=1S/C22H21BrN2O4S/c1-28-19-13-18(24-8-10-29-11-9-24)7-4-16(19)12-20-21(26)25(22(27)30-20)14-15-2-5-17(23)6-3-15/h2-7,12-13H,8-11,14H2,1H3/b20-12-. The molecule has 2 aromatic carbocycles. The Hall–Kier alpha value is -2.29. The summed E-state index contributed by atoms with van der Waals surface area (Å²) >= 11 is 4.35. The van der Waals surface area contributed by atoms with Crippen molar-refractivity contribution in [3.8, 4) is 5.75 Å². The van der Waals surface area contributed by atoms with E-state index in [1.54, 1.807) is 13.2 Å². The Bertz CT molecular complexity index is 987. The highest BCUT2D eigenvalue weighted by atomic mass is 79.9. The smallest absolute Gasteiger partial charge is 0.293 e. The molecular formula is C22H21BrN2O4S. The lowest BCUT2D eigenvalue weighted by Gasteiger charge is -2.29. The predicted octanol–water partition coefficient (Wildman–Crippen LogP) is 4.53. The number of amides is 2. The first-order valence-corrected chi connectivity index (χ1v) is 11.2. The van der Waals surface area contributed by atoms with Gasteiger partial charge in [0, 0.05) is 34.9 Å². The quantitative estimate of drug-likeness (QED) is 0.576. The number of nitrogens with zero attached hydrogens (tertiary/aromatic N) is 2. The van der Waals surface area contributed by atoms with Crippen molar-refractivity contribution in [3.63, 3.8) is 0 Å². The molecular weight excluding hydrogens is 468 g/mol. The number of hydrogen-bond acceptors (Lipinski definition) is 6. The summed E-state index contributed by atoms with van der Waals surface area (Å²) in [4.78, 5) is 29.2. The van der Waals surface area contributed by atoms with Crippen LogP contribution in [0.4, 0.5) is 10.5 Å². The van der Waals surface area contributed by atoms with Gasteiger partial charge in [0.1, 0.15) is 5.75 Å². The molecule has 0 N–H and O–H groups in total. The van der Waals surface area contributed by atoms with Crippen molar-refractivity contribution in [1.82, 2.24) is 4.90 Å². The second-order valence-corrected chi connectivity index (χ2v) is 8.83. The zero-order valence-electron chi connectivity index (χ0n) is 16.5. The van der Waals surface area contributed by atoms with Gasteiger partial charge < -0.3 is 14.4 Å². The fourth-order valence-electron chi connectivity index (χ4n) is 3.39. The second-order valence-electron chi connectivity index (χ2n) is 6.92. The molecule has 2 aromatic rings. The number of hydrogen-bond donors (Lipinski definition) is 0. The second kappa shape index (κ2) is 9.24. The van der Waals surface area contributed by atoms with Crippen LogP contribution in [0.15, 0.2) is 51.8 Å². The number of halogens is 1. The maximum absolute atomic E-state index is 12.8. The van der Waals surface area contributed by atoms with E-state index in [2.05, 4.69) is 20.8 Å². The Morgan fingerprint density at radius 1 is 1.13 bits per heavy atom. The van der Waals surface area contributed by atoms with Crippen LogP contribution in [0.25, 0.3) is 6.08 Å².